The molecule has 2 aliphatic rings. The number of halogens is 1. The second-order valence-corrected chi connectivity index (χ2v) is 6.94. The van der Waals surface area contributed by atoms with E-state index in [1.165, 1.54) is 5.56 Å². The minimum atomic E-state index is 0. The Morgan fingerprint density at radius 2 is 1.83 bits per heavy atom. The third-order valence-electron chi connectivity index (χ3n) is 5.52. The molecule has 24 heavy (non-hydrogen) atoms. The summed E-state index contributed by atoms with van der Waals surface area (Å²) in [5, 5.41) is 0. The highest BCUT2D eigenvalue weighted by Crippen LogP contribution is 2.37. The second kappa shape index (κ2) is 8.13. The van der Waals surface area contributed by atoms with Gasteiger partial charge in [-0.3, -0.25) is 9.59 Å². The number of benzene rings is 1. The van der Waals surface area contributed by atoms with E-state index in [1.54, 1.807) is 0 Å². The summed E-state index contributed by atoms with van der Waals surface area (Å²) in [4.78, 5) is 26.5. The van der Waals surface area contributed by atoms with Gasteiger partial charge in [0.05, 0.1) is 0 Å². The number of Topliss-reactive ketones (excluding diaryl/α,β-unsaturated/α-hetero) is 1. The number of aryl methyl sites for hydroxylation is 1. The average Bonchev–Trinajstić information content (AvgIpc) is 3.15. The molecule has 1 heterocycles. The highest BCUT2D eigenvalue weighted by atomic mass is 35.5. The summed E-state index contributed by atoms with van der Waals surface area (Å²) in [6.07, 6.45) is 3.79. The molecule has 0 radical (unpaired) electrons. The Morgan fingerprint density at radius 1 is 1.12 bits per heavy atom. The van der Waals surface area contributed by atoms with Crippen LogP contribution in [-0.2, 0) is 11.2 Å². The quantitative estimate of drug-likeness (QED) is 0.830. The van der Waals surface area contributed by atoms with Crippen LogP contribution in [-0.4, -0.2) is 35.7 Å². The van der Waals surface area contributed by atoms with E-state index >= 15 is 0 Å². The van der Waals surface area contributed by atoms with Crippen molar-refractivity contribution in [3.05, 3.63) is 35.4 Å². The van der Waals surface area contributed by atoms with Crippen LogP contribution in [0.4, 0.5) is 0 Å². The normalized spacial score (nSPS) is 25.2. The number of amides is 1. The smallest absolute Gasteiger partial charge is 0.223 e. The van der Waals surface area contributed by atoms with Crippen molar-refractivity contribution >= 4 is 24.1 Å². The molecule has 1 saturated carbocycles. The van der Waals surface area contributed by atoms with Crippen LogP contribution in [0.3, 0.4) is 0 Å². The van der Waals surface area contributed by atoms with Gasteiger partial charge in [-0.25, -0.2) is 0 Å². The van der Waals surface area contributed by atoms with E-state index in [1.807, 2.05) is 29.2 Å². The van der Waals surface area contributed by atoms with Crippen molar-refractivity contribution in [1.29, 1.82) is 0 Å². The lowest BCUT2D eigenvalue weighted by Crippen LogP contribution is -2.33. The van der Waals surface area contributed by atoms with E-state index in [-0.39, 0.29) is 30.1 Å². The van der Waals surface area contributed by atoms with Crippen LogP contribution in [0, 0.1) is 11.8 Å². The van der Waals surface area contributed by atoms with Crippen molar-refractivity contribution in [2.24, 2.45) is 17.6 Å². The number of ketones is 1. The number of nitrogens with zero attached hydrogens (tertiary/aromatic N) is 1. The van der Waals surface area contributed by atoms with Crippen molar-refractivity contribution in [3.8, 4) is 0 Å². The van der Waals surface area contributed by atoms with Gasteiger partial charge in [0.25, 0.3) is 0 Å². The first-order valence-corrected chi connectivity index (χ1v) is 8.74. The van der Waals surface area contributed by atoms with Crippen LogP contribution in [0.25, 0.3) is 0 Å². The topological polar surface area (TPSA) is 63.4 Å². The molecule has 5 heteroatoms. The maximum absolute atomic E-state index is 12.4. The lowest BCUT2D eigenvalue weighted by Gasteiger charge is -2.18. The van der Waals surface area contributed by atoms with Crippen molar-refractivity contribution in [1.82, 2.24) is 4.90 Å². The molecule has 3 unspecified atom stereocenters. The predicted molar refractivity (Wildman–Crippen MR) is 97.4 cm³/mol. The molecule has 132 valence electrons. The van der Waals surface area contributed by atoms with Crippen LogP contribution >= 0.6 is 12.4 Å². The lowest BCUT2D eigenvalue weighted by molar-refractivity contribution is -0.130. The van der Waals surface area contributed by atoms with E-state index in [2.05, 4.69) is 6.92 Å². The molecular formula is C19H27ClN2O2. The Morgan fingerprint density at radius 3 is 2.46 bits per heavy atom. The van der Waals surface area contributed by atoms with Crippen LogP contribution in [0.15, 0.2) is 24.3 Å². The molecule has 1 saturated heterocycles. The Balaban J connectivity index is 0.00000208. The predicted octanol–water partition coefficient (Wildman–Crippen LogP) is 2.83. The van der Waals surface area contributed by atoms with Gasteiger partial charge >= 0.3 is 0 Å². The molecule has 1 aromatic rings. The number of rotatable bonds is 5. The SMILES string of the molecule is CCc1ccc(C(=O)CCC(=O)N2CC3CCC(N)C3C2)cc1.Cl. The van der Waals surface area contributed by atoms with Crippen LogP contribution in [0.2, 0.25) is 0 Å². The van der Waals surface area contributed by atoms with Crippen LogP contribution in [0.1, 0.15) is 48.5 Å². The maximum atomic E-state index is 12.4. The largest absolute Gasteiger partial charge is 0.342 e. The standard InChI is InChI=1S/C19H26N2O2.ClH/c1-2-13-3-5-14(6-4-13)18(22)9-10-19(23)21-11-15-7-8-17(20)16(15)12-21;/h3-6,15-17H,2,7-12,20H2,1H3;1H. The zero-order valence-electron chi connectivity index (χ0n) is 14.2. The summed E-state index contributed by atoms with van der Waals surface area (Å²) in [6, 6.07) is 7.95. The Bertz CT molecular complexity index is 588. The van der Waals surface area contributed by atoms with Crippen molar-refractivity contribution in [2.45, 2.75) is 45.1 Å². The van der Waals surface area contributed by atoms with Crippen molar-refractivity contribution < 1.29 is 9.59 Å². The fraction of sp³-hybridized carbons (Fsp3) is 0.579. The van der Waals surface area contributed by atoms with E-state index in [0.717, 1.165) is 32.4 Å². The summed E-state index contributed by atoms with van der Waals surface area (Å²) in [5.74, 6) is 1.20. The monoisotopic (exact) mass is 350 g/mol. The summed E-state index contributed by atoms with van der Waals surface area (Å²) in [7, 11) is 0. The van der Waals surface area contributed by atoms with Crippen molar-refractivity contribution in [3.63, 3.8) is 0 Å². The fourth-order valence-corrected chi connectivity index (χ4v) is 3.96. The lowest BCUT2D eigenvalue weighted by atomic mass is 9.98. The number of likely N-dealkylation sites (tertiary alicyclic amines) is 1. The summed E-state index contributed by atoms with van der Waals surface area (Å²) in [5.41, 5.74) is 8.04. The summed E-state index contributed by atoms with van der Waals surface area (Å²) in [6.45, 7) is 3.70. The van der Waals surface area contributed by atoms with Crippen LogP contribution < -0.4 is 5.73 Å². The molecule has 1 aliphatic heterocycles. The van der Waals surface area contributed by atoms with Gasteiger partial charge in [-0.1, -0.05) is 31.2 Å². The molecule has 0 aromatic heterocycles. The van der Waals surface area contributed by atoms with Gasteiger partial charge < -0.3 is 10.6 Å². The first-order chi connectivity index (χ1) is 11.1. The first-order valence-electron chi connectivity index (χ1n) is 8.74. The molecule has 0 spiro atoms. The van der Waals surface area contributed by atoms with Gasteiger partial charge in [0.1, 0.15) is 0 Å². The highest BCUT2D eigenvalue weighted by molar-refractivity contribution is 5.98. The molecular weight excluding hydrogens is 324 g/mol. The number of fused-ring (bicyclic) bond motifs is 1. The van der Waals surface area contributed by atoms with Gasteiger partial charge in [0.15, 0.2) is 5.78 Å². The minimum Gasteiger partial charge on any atom is -0.342 e. The van der Waals surface area contributed by atoms with Gasteiger partial charge in [-0.15, -0.1) is 12.4 Å². The van der Waals surface area contributed by atoms with Gasteiger partial charge in [-0.05, 0) is 36.7 Å². The molecule has 2 N–H and O–H groups in total. The molecule has 2 fully saturated rings. The zero-order chi connectivity index (χ0) is 16.4. The fourth-order valence-electron chi connectivity index (χ4n) is 3.96. The molecule has 1 aromatic carbocycles. The third-order valence-corrected chi connectivity index (χ3v) is 5.52. The molecule has 0 bridgehead atoms. The molecule has 3 atom stereocenters. The van der Waals surface area contributed by atoms with Crippen molar-refractivity contribution in [2.75, 3.05) is 13.1 Å². The number of carbonyl (C=O) groups is 2. The maximum Gasteiger partial charge on any atom is 0.223 e. The second-order valence-electron chi connectivity index (χ2n) is 6.94. The Kier molecular flexibility index (Phi) is 6.41. The first kappa shape index (κ1) is 18.9. The Hall–Kier alpha value is -1.39. The molecule has 1 aliphatic carbocycles. The Labute approximate surface area is 150 Å². The van der Waals surface area contributed by atoms with E-state index in [4.69, 9.17) is 5.73 Å². The molecule has 4 nitrogen and oxygen atoms in total. The zero-order valence-corrected chi connectivity index (χ0v) is 15.1. The number of hydrogen-bond acceptors (Lipinski definition) is 3. The molecule has 1 amide bonds. The minimum absolute atomic E-state index is 0. The van der Waals surface area contributed by atoms with Gasteiger partial charge in [0.2, 0.25) is 5.91 Å². The van der Waals surface area contributed by atoms with Crippen LogP contribution in [0.5, 0.6) is 0 Å². The van der Waals surface area contributed by atoms with Gasteiger partial charge in [-0.2, -0.15) is 0 Å². The number of hydrogen-bond donors (Lipinski definition) is 1. The highest BCUT2D eigenvalue weighted by Gasteiger charge is 2.42. The average molecular weight is 351 g/mol. The summed E-state index contributed by atoms with van der Waals surface area (Å²) < 4.78 is 0. The number of nitrogens with two attached hydrogens (primary N) is 1. The molecule has 3 rings (SSSR count). The van der Waals surface area contributed by atoms with E-state index < -0.39 is 0 Å². The third kappa shape index (κ3) is 3.98. The van der Waals surface area contributed by atoms with E-state index in [9.17, 15) is 9.59 Å². The summed E-state index contributed by atoms with van der Waals surface area (Å²) >= 11 is 0. The van der Waals surface area contributed by atoms with E-state index in [0.29, 0.717) is 30.2 Å². The number of carbonyl (C=O) groups excluding carboxylic acids is 2. The van der Waals surface area contributed by atoms with Gasteiger partial charge in [0, 0.05) is 37.5 Å².